The van der Waals surface area contributed by atoms with Crippen LogP contribution in [-0.2, 0) is 9.59 Å². The second kappa shape index (κ2) is 11.4. The molecule has 1 saturated carbocycles. The highest BCUT2D eigenvalue weighted by Crippen LogP contribution is 2.22. The topological polar surface area (TPSA) is 109 Å². The molecule has 1 aliphatic carbocycles. The third kappa shape index (κ3) is 6.40. The van der Waals surface area contributed by atoms with E-state index in [4.69, 9.17) is 4.74 Å². The van der Waals surface area contributed by atoms with Crippen LogP contribution < -0.4 is 20.8 Å². The number of rotatable bonds is 6. The molecule has 1 aliphatic rings. The summed E-state index contributed by atoms with van der Waals surface area (Å²) in [4.78, 5) is 37.2. The van der Waals surface area contributed by atoms with E-state index in [9.17, 15) is 14.4 Å². The summed E-state index contributed by atoms with van der Waals surface area (Å²) in [5.41, 5.74) is 3.37. The molecule has 0 aliphatic heterocycles. The van der Waals surface area contributed by atoms with Gasteiger partial charge >= 0.3 is 11.8 Å². The predicted molar refractivity (Wildman–Crippen MR) is 126 cm³/mol. The maximum Gasteiger partial charge on any atom is 0.329 e. The number of methoxy groups -OCH3 is 1. The quantitative estimate of drug-likeness (QED) is 0.319. The van der Waals surface area contributed by atoms with E-state index in [0.717, 1.165) is 30.2 Å². The highest BCUT2D eigenvalue weighted by molar-refractivity contribution is 9.10. The fourth-order valence-electron chi connectivity index (χ4n) is 3.50. The smallest absolute Gasteiger partial charge is 0.329 e. The first-order valence-electron chi connectivity index (χ1n) is 10.4. The lowest BCUT2D eigenvalue weighted by Gasteiger charge is -2.23. The zero-order chi connectivity index (χ0) is 22.9. The van der Waals surface area contributed by atoms with E-state index in [1.165, 1.54) is 19.7 Å². The average Bonchev–Trinajstić information content (AvgIpc) is 2.80. The van der Waals surface area contributed by atoms with Gasteiger partial charge in [-0.1, -0.05) is 47.3 Å². The van der Waals surface area contributed by atoms with Gasteiger partial charge in [0.25, 0.3) is 5.91 Å². The number of nitrogens with zero attached hydrogens (tertiary/aromatic N) is 1. The van der Waals surface area contributed by atoms with E-state index in [1.807, 2.05) is 6.07 Å². The Morgan fingerprint density at radius 2 is 1.81 bits per heavy atom. The summed E-state index contributed by atoms with van der Waals surface area (Å²) in [7, 11) is 1.52. The number of halogens is 1. The molecule has 9 heteroatoms. The molecule has 0 aromatic heterocycles. The van der Waals surface area contributed by atoms with Crippen molar-refractivity contribution in [1.29, 1.82) is 0 Å². The molecular formula is C23H25BrN4O4. The Bertz CT molecular complexity index is 1020. The summed E-state index contributed by atoms with van der Waals surface area (Å²) in [5.74, 6) is -1.60. The van der Waals surface area contributed by atoms with Gasteiger partial charge in [-0.3, -0.25) is 14.4 Å². The van der Waals surface area contributed by atoms with Crippen LogP contribution in [0.5, 0.6) is 5.75 Å². The van der Waals surface area contributed by atoms with Crippen LogP contribution in [0.25, 0.3) is 0 Å². The molecule has 0 spiro atoms. The zero-order valence-electron chi connectivity index (χ0n) is 17.7. The molecular weight excluding hydrogens is 476 g/mol. The van der Waals surface area contributed by atoms with E-state index in [0.29, 0.717) is 16.9 Å². The third-order valence-corrected chi connectivity index (χ3v) is 5.62. The third-order valence-electron chi connectivity index (χ3n) is 5.13. The van der Waals surface area contributed by atoms with Crippen molar-refractivity contribution in [3.05, 3.63) is 58.1 Å². The summed E-state index contributed by atoms with van der Waals surface area (Å²) in [6.07, 6.45) is 6.64. The maximum atomic E-state index is 12.7. The number of anilines is 1. The molecule has 3 N–H and O–H groups in total. The van der Waals surface area contributed by atoms with Gasteiger partial charge in [0.05, 0.1) is 24.6 Å². The number of hydrazone groups is 1. The van der Waals surface area contributed by atoms with Crippen LogP contribution in [-0.4, -0.2) is 37.1 Å². The molecule has 0 atom stereocenters. The minimum Gasteiger partial charge on any atom is -0.496 e. The Morgan fingerprint density at radius 1 is 1.06 bits per heavy atom. The van der Waals surface area contributed by atoms with Crippen molar-refractivity contribution in [1.82, 2.24) is 10.7 Å². The van der Waals surface area contributed by atoms with E-state index >= 15 is 0 Å². The van der Waals surface area contributed by atoms with Gasteiger partial charge in [0.15, 0.2) is 0 Å². The first-order valence-corrected chi connectivity index (χ1v) is 11.1. The van der Waals surface area contributed by atoms with Crippen molar-refractivity contribution in [2.45, 2.75) is 38.1 Å². The number of carbonyl (C=O) groups excluding carboxylic acids is 3. The number of ether oxygens (including phenoxy) is 1. The fraction of sp³-hybridized carbons (Fsp3) is 0.304. The van der Waals surface area contributed by atoms with Crippen LogP contribution in [0.4, 0.5) is 5.69 Å². The number of carbonyl (C=O) groups is 3. The van der Waals surface area contributed by atoms with Gasteiger partial charge in [0.2, 0.25) is 0 Å². The van der Waals surface area contributed by atoms with Crippen molar-refractivity contribution < 1.29 is 19.1 Å². The fourth-order valence-corrected chi connectivity index (χ4v) is 3.88. The molecule has 1 fully saturated rings. The Balaban J connectivity index is 1.61. The first-order chi connectivity index (χ1) is 15.5. The standard InChI is InChI=1S/C23H25BrN4O4/c1-32-20-12-11-16(24)13-15(20)14-25-28-23(31)22(30)27-19-10-6-5-9-18(19)21(29)26-17-7-3-2-4-8-17/h5-6,9-14,17H,2-4,7-8H2,1H3,(H,26,29)(H,27,30)(H,28,31). The minimum absolute atomic E-state index is 0.132. The van der Waals surface area contributed by atoms with Crippen molar-refractivity contribution in [3.63, 3.8) is 0 Å². The molecule has 0 radical (unpaired) electrons. The van der Waals surface area contributed by atoms with Crippen molar-refractivity contribution in [2.24, 2.45) is 5.10 Å². The summed E-state index contributed by atoms with van der Waals surface area (Å²) >= 11 is 3.35. The number of amides is 3. The SMILES string of the molecule is COc1ccc(Br)cc1C=NNC(=O)C(=O)Nc1ccccc1C(=O)NC1CCCCC1. The van der Waals surface area contributed by atoms with Crippen LogP contribution >= 0.6 is 15.9 Å². The number of hydrogen-bond donors (Lipinski definition) is 3. The molecule has 0 heterocycles. The van der Waals surface area contributed by atoms with Crippen molar-refractivity contribution in [3.8, 4) is 5.75 Å². The molecule has 3 rings (SSSR count). The van der Waals surface area contributed by atoms with E-state index < -0.39 is 11.8 Å². The van der Waals surface area contributed by atoms with Crippen LogP contribution in [0.15, 0.2) is 52.0 Å². The molecule has 8 nitrogen and oxygen atoms in total. The second-order valence-electron chi connectivity index (χ2n) is 7.39. The molecule has 168 valence electrons. The number of para-hydroxylation sites is 1. The Kier molecular flexibility index (Phi) is 8.38. The first kappa shape index (κ1) is 23.5. The van der Waals surface area contributed by atoms with Gasteiger partial charge in [-0.25, -0.2) is 5.43 Å². The highest BCUT2D eigenvalue weighted by atomic mass is 79.9. The molecule has 2 aromatic carbocycles. The van der Waals surface area contributed by atoms with Crippen LogP contribution in [0.1, 0.15) is 48.0 Å². The Morgan fingerprint density at radius 3 is 2.56 bits per heavy atom. The molecule has 2 aromatic rings. The van der Waals surface area contributed by atoms with E-state index in [2.05, 4.69) is 37.1 Å². The Hall–Kier alpha value is -3.20. The average molecular weight is 501 g/mol. The summed E-state index contributed by atoms with van der Waals surface area (Å²) in [5, 5.41) is 9.33. The van der Waals surface area contributed by atoms with Crippen LogP contribution in [0.3, 0.4) is 0 Å². The van der Waals surface area contributed by atoms with Crippen molar-refractivity contribution in [2.75, 3.05) is 12.4 Å². The summed E-state index contributed by atoms with van der Waals surface area (Å²) < 4.78 is 6.04. The molecule has 0 unspecified atom stereocenters. The van der Waals surface area contributed by atoms with Gasteiger partial charge in [-0.05, 0) is 43.2 Å². The number of hydrogen-bond acceptors (Lipinski definition) is 5. The number of benzene rings is 2. The lowest BCUT2D eigenvalue weighted by Crippen LogP contribution is -2.37. The maximum absolute atomic E-state index is 12.7. The minimum atomic E-state index is -0.960. The van der Waals surface area contributed by atoms with Gasteiger partial charge < -0.3 is 15.4 Å². The van der Waals surface area contributed by atoms with Gasteiger partial charge in [0.1, 0.15) is 5.75 Å². The lowest BCUT2D eigenvalue weighted by molar-refractivity contribution is -0.136. The largest absolute Gasteiger partial charge is 0.496 e. The molecule has 0 saturated heterocycles. The molecule has 32 heavy (non-hydrogen) atoms. The van der Waals surface area contributed by atoms with E-state index in [1.54, 1.807) is 36.4 Å². The van der Waals surface area contributed by atoms with Gasteiger partial charge in [-0.2, -0.15) is 5.10 Å². The molecule has 3 amide bonds. The van der Waals surface area contributed by atoms with Crippen LogP contribution in [0, 0.1) is 0 Å². The second-order valence-corrected chi connectivity index (χ2v) is 8.31. The van der Waals surface area contributed by atoms with Gasteiger partial charge in [-0.15, -0.1) is 0 Å². The number of nitrogens with one attached hydrogen (secondary N) is 3. The lowest BCUT2D eigenvalue weighted by atomic mass is 9.95. The van der Waals surface area contributed by atoms with Gasteiger partial charge in [0, 0.05) is 16.1 Å². The Labute approximate surface area is 194 Å². The normalized spacial score (nSPS) is 14.1. The summed E-state index contributed by atoms with van der Waals surface area (Å²) in [6, 6.07) is 12.0. The van der Waals surface area contributed by atoms with Crippen molar-refractivity contribution >= 4 is 45.6 Å². The zero-order valence-corrected chi connectivity index (χ0v) is 19.3. The predicted octanol–water partition coefficient (Wildman–Crippen LogP) is 3.61. The monoisotopic (exact) mass is 500 g/mol. The van der Waals surface area contributed by atoms with E-state index in [-0.39, 0.29) is 17.6 Å². The highest BCUT2D eigenvalue weighted by Gasteiger charge is 2.20. The van der Waals surface area contributed by atoms with Crippen LogP contribution in [0.2, 0.25) is 0 Å². The summed E-state index contributed by atoms with van der Waals surface area (Å²) in [6.45, 7) is 0. The molecule has 0 bridgehead atoms.